The molecule has 2 amide bonds. The molecule has 0 radical (unpaired) electrons. The van der Waals surface area contributed by atoms with E-state index < -0.39 is 23.6 Å². The lowest BCUT2D eigenvalue weighted by Gasteiger charge is -2.18. The molecule has 0 bridgehead atoms. The van der Waals surface area contributed by atoms with Gasteiger partial charge in [-0.25, -0.2) is 5.43 Å². The maximum Gasteiger partial charge on any atom is 0.418 e. The first-order chi connectivity index (χ1) is 13.9. The van der Waals surface area contributed by atoms with Gasteiger partial charge in [0, 0.05) is 11.3 Å². The molecule has 0 aliphatic carbocycles. The Bertz CT molecular complexity index is 943. The van der Waals surface area contributed by atoms with Crippen molar-refractivity contribution < 1.29 is 22.8 Å². The van der Waals surface area contributed by atoms with Crippen LogP contribution < -0.4 is 10.7 Å². The van der Waals surface area contributed by atoms with Gasteiger partial charge in [0.2, 0.25) is 5.91 Å². The van der Waals surface area contributed by atoms with Crippen molar-refractivity contribution >= 4 is 23.2 Å². The molecule has 0 fully saturated rings. The van der Waals surface area contributed by atoms with Crippen molar-refractivity contribution in [2.75, 3.05) is 5.32 Å². The minimum atomic E-state index is -4.58. The van der Waals surface area contributed by atoms with E-state index in [-0.39, 0.29) is 23.2 Å². The minimum absolute atomic E-state index is 0.0398. The molecule has 2 aromatic carbocycles. The Labute approximate surface area is 173 Å². The van der Waals surface area contributed by atoms with E-state index in [4.69, 9.17) is 0 Å². The number of nitrogens with one attached hydrogen (secondary N) is 2. The molecule has 8 heteroatoms. The van der Waals surface area contributed by atoms with E-state index in [0.29, 0.717) is 5.56 Å². The predicted octanol–water partition coefficient (Wildman–Crippen LogP) is 5.14. The second kappa shape index (κ2) is 9.11. The second-order valence-electron chi connectivity index (χ2n) is 7.88. The molecule has 0 saturated heterocycles. The molecule has 2 N–H and O–H groups in total. The van der Waals surface area contributed by atoms with Gasteiger partial charge < -0.3 is 5.32 Å². The maximum atomic E-state index is 13.0. The third-order valence-electron chi connectivity index (χ3n) is 4.28. The zero-order valence-corrected chi connectivity index (χ0v) is 17.2. The quantitative estimate of drug-likeness (QED) is 0.521. The molecule has 0 aliphatic rings. The molecule has 2 aromatic rings. The van der Waals surface area contributed by atoms with Crippen LogP contribution in [0.15, 0.2) is 53.6 Å². The summed E-state index contributed by atoms with van der Waals surface area (Å²) in [5.74, 6) is -1.12. The van der Waals surface area contributed by atoms with Gasteiger partial charge in [0.15, 0.2) is 0 Å². The van der Waals surface area contributed by atoms with Crippen LogP contribution in [0, 0.1) is 0 Å². The Morgan fingerprint density at radius 1 is 0.967 bits per heavy atom. The van der Waals surface area contributed by atoms with Crippen LogP contribution >= 0.6 is 0 Å². The Morgan fingerprint density at radius 2 is 1.57 bits per heavy atom. The Balaban J connectivity index is 1.97. The molecule has 160 valence electrons. The van der Waals surface area contributed by atoms with E-state index in [2.05, 4.69) is 36.6 Å². The summed E-state index contributed by atoms with van der Waals surface area (Å²) < 4.78 is 39.0. The number of nitrogens with zero attached hydrogens (tertiary/aromatic N) is 1. The number of para-hydroxylation sites is 1. The van der Waals surface area contributed by atoms with Crippen LogP contribution in [0.4, 0.5) is 18.9 Å². The van der Waals surface area contributed by atoms with E-state index >= 15 is 0 Å². The van der Waals surface area contributed by atoms with E-state index in [0.717, 1.165) is 11.6 Å². The van der Waals surface area contributed by atoms with Crippen molar-refractivity contribution in [3.05, 3.63) is 65.2 Å². The van der Waals surface area contributed by atoms with Crippen LogP contribution in [0.5, 0.6) is 0 Å². The zero-order chi connectivity index (χ0) is 22.5. The fourth-order valence-electron chi connectivity index (χ4n) is 2.64. The first-order valence-corrected chi connectivity index (χ1v) is 9.28. The molecule has 0 saturated carbocycles. The summed E-state index contributed by atoms with van der Waals surface area (Å²) in [4.78, 5) is 24.3. The number of carbonyl (C=O) groups is 2. The summed E-state index contributed by atoms with van der Waals surface area (Å²) in [7, 11) is 0. The van der Waals surface area contributed by atoms with E-state index in [1.54, 1.807) is 12.1 Å². The number of benzene rings is 2. The highest BCUT2D eigenvalue weighted by Gasteiger charge is 2.33. The number of hydrogen-bond donors (Lipinski definition) is 2. The van der Waals surface area contributed by atoms with E-state index in [1.807, 2.05) is 12.1 Å². The standard InChI is InChI=1S/C22H24F3N3O2/c1-14(13-19(29)26-18-8-6-5-7-17(18)22(23,24)25)27-28-20(30)15-9-11-16(12-10-15)21(2,3)4/h5-12H,13H2,1-4H3,(H,26,29)(H,28,30). The third-order valence-corrected chi connectivity index (χ3v) is 4.28. The summed E-state index contributed by atoms with van der Waals surface area (Å²) in [5, 5.41) is 6.09. The molecule has 0 aromatic heterocycles. The van der Waals surface area contributed by atoms with Crippen LogP contribution in [0.25, 0.3) is 0 Å². The molecule has 0 spiro atoms. The number of amides is 2. The summed E-state index contributed by atoms with van der Waals surface area (Å²) in [6.07, 6.45) is -4.85. The number of halogens is 3. The highest BCUT2D eigenvalue weighted by atomic mass is 19.4. The lowest BCUT2D eigenvalue weighted by molar-refractivity contribution is -0.137. The Kier molecular flexibility index (Phi) is 7.02. The fraction of sp³-hybridized carbons (Fsp3) is 0.318. The molecule has 0 heterocycles. The van der Waals surface area contributed by atoms with Gasteiger partial charge in [-0.2, -0.15) is 18.3 Å². The summed E-state index contributed by atoms with van der Waals surface area (Å²) in [5.41, 5.74) is 2.78. The number of anilines is 1. The van der Waals surface area contributed by atoms with Gasteiger partial charge in [-0.05, 0) is 42.2 Å². The molecule has 0 aliphatic heterocycles. The van der Waals surface area contributed by atoms with Gasteiger partial charge in [-0.1, -0.05) is 45.0 Å². The molecule has 30 heavy (non-hydrogen) atoms. The van der Waals surface area contributed by atoms with Gasteiger partial charge in [0.25, 0.3) is 5.91 Å². The average molecular weight is 419 g/mol. The van der Waals surface area contributed by atoms with Crippen molar-refractivity contribution in [1.82, 2.24) is 5.43 Å². The normalized spacial score (nSPS) is 12.4. The SMILES string of the molecule is CC(CC(=O)Nc1ccccc1C(F)(F)F)=NNC(=O)c1ccc(C(C)(C)C)cc1. The minimum Gasteiger partial charge on any atom is -0.325 e. The first kappa shape index (κ1) is 23.1. The maximum absolute atomic E-state index is 13.0. The molecular weight excluding hydrogens is 395 g/mol. The van der Waals surface area contributed by atoms with Crippen LogP contribution in [-0.4, -0.2) is 17.5 Å². The number of hydrogen-bond acceptors (Lipinski definition) is 3. The first-order valence-electron chi connectivity index (χ1n) is 9.28. The molecular formula is C22H24F3N3O2. The van der Waals surface area contributed by atoms with Crippen LogP contribution in [0.3, 0.4) is 0 Å². The molecule has 0 unspecified atom stereocenters. The van der Waals surface area contributed by atoms with Gasteiger partial charge >= 0.3 is 6.18 Å². The summed E-state index contributed by atoms with van der Waals surface area (Å²) in [6, 6.07) is 11.8. The Hall–Kier alpha value is -3.16. The van der Waals surface area contributed by atoms with Gasteiger partial charge in [-0.3, -0.25) is 9.59 Å². The van der Waals surface area contributed by atoms with Gasteiger partial charge in [0.1, 0.15) is 0 Å². The largest absolute Gasteiger partial charge is 0.418 e. The van der Waals surface area contributed by atoms with Crippen LogP contribution in [0.2, 0.25) is 0 Å². The second-order valence-corrected chi connectivity index (χ2v) is 7.88. The molecule has 0 atom stereocenters. The van der Waals surface area contributed by atoms with Crippen molar-refractivity contribution in [3.8, 4) is 0 Å². The molecule has 2 rings (SSSR count). The van der Waals surface area contributed by atoms with E-state index in [9.17, 15) is 22.8 Å². The number of alkyl halides is 3. The highest BCUT2D eigenvalue weighted by molar-refractivity contribution is 6.06. The Morgan fingerprint density at radius 3 is 2.13 bits per heavy atom. The monoisotopic (exact) mass is 419 g/mol. The lowest BCUT2D eigenvalue weighted by Crippen LogP contribution is -2.22. The van der Waals surface area contributed by atoms with Crippen LogP contribution in [0.1, 0.15) is 55.6 Å². The summed E-state index contributed by atoms with van der Waals surface area (Å²) in [6.45, 7) is 7.69. The van der Waals surface area contributed by atoms with Crippen molar-refractivity contribution in [3.63, 3.8) is 0 Å². The third kappa shape index (κ3) is 6.43. The lowest BCUT2D eigenvalue weighted by atomic mass is 9.87. The van der Waals surface area contributed by atoms with Crippen molar-refractivity contribution in [2.24, 2.45) is 5.10 Å². The van der Waals surface area contributed by atoms with Crippen molar-refractivity contribution in [2.45, 2.75) is 45.7 Å². The average Bonchev–Trinajstić information content (AvgIpc) is 2.65. The predicted molar refractivity (Wildman–Crippen MR) is 110 cm³/mol. The number of rotatable bonds is 5. The van der Waals surface area contributed by atoms with Crippen molar-refractivity contribution in [1.29, 1.82) is 0 Å². The van der Waals surface area contributed by atoms with Gasteiger partial charge in [0.05, 0.1) is 17.7 Å². The highest BCUT2D eigenvalue weighted by Crippen LogP contribution is 2.34. The van der Waals surface area contributed by atoms with E-state index in [1.165, 1.54) is 25.1 Å². The number of hydrazone groups is 1. The smallest absolute Gasteiger partial charge is 0.325 e. The summed E-state index contributed by atoms with van der Waals surface area (Å²) >= 11 is 0. The number of carbonyl (C=O) groups excluding carboxylic acids is 2. The van der Waals surface area contributed by atoms with Crippen LogP contribution in [-0.2, 0) is 16.4 Å². The topological polar surface area (TPSA) is 70.6 Å². The fourth-order valence-corrected chi connectivity index (χ4v) is 2.64. The molecule has 5 nitrogen and oxygen atoms in total. The van der Waals surface area contributed by atoms with Gasteiger partial charge in [-0.15, -0.1) is 0 Å². The zero-order valence-electron chi connectivity index (χ0n) is 17.2.